The Hall–Kier alpha value is -0.930. The molecule has 0 spiro atoms. The molecule has 0 N–H and O–H groups in total. The molecule has 0 atom stereocenters. The SMILES string of the molecule is C#Cc1cccc(Cl)c1C(C)(C)C. The van der Waals surface area contributed by atoms with Gasteiger partial charge in [-0.1, -0.05) is 44.4 Å². The van der Waals surface area contributed by atoms with Crippen molar-refractivity contribution < 1.29 is 0 Å². The summed E-state index contributed by atoms with van der Waals surface area (Å²) in [7, 11) is 0. The third-order valence-corrected chi connectivity index (χ3v) is 2.23. The summed E-state index contributed by atoms with van der Waals surface area (Å²) >= 11 is 6.10. The molecule has 1 rings (SSSR count). The van der Waals surface area contributed by atoms with Crippen LogP contribution in [0.1, 0.15) is 31.9 Å². The summed E-state index contributed by atoms with van der Waals surface area (Å²) < 4.78 is 0. The normalized spacial score (nSPS) is 11.0. The maximum atomic E-state index is 6.10. The summed E-state index contributed by atoms with van der Waals surface area (Å²) in [5, 5.41) is 0.753. The van der Waals surface area contributed by atoms with E-state index >= 15 is 0 Å². The van der Waals surface area contributed by atoms with Crippen molar-refractivity contribution in [2.24, 2.45) is 0 Å². The number of rotatable bonds is 0. The van der Waals surface area contributed by atoms with Crippen LogP contribution in [-0.4, -0.2) is 0 Å². The zero-order chi connectivity index (χ0) is 10.1. The summed E-state index contributed by atoms with van der Waals surface area (Å²) in [5.74, 6) is 2.66. The third kappa shape index (κ3) is 2.05. The molecule has 0 aromatic heterocycles. The summed E-state index contributed by atoms with van der Waals surface area (Å²) in [4.78, 5) is 0. The van der Waals surface area contributed by atoms with Gasteiger partial charge in [-0.3, -0.25) is 0 Å². The van der Waals surface area contributed by atoms with Crippen LogP contribution in [-0.2, 0) is 5.41 Å². The molecule has 0 aliphatic rings. The smallest absolute Gasteiger partial charge is 0.0455 e. The summed E-state index contributed by atoms with van der Waals surface area (Å²) in [5.41, 5.74) is 1.94. The Labute approximate surface area is 84.9 Å². The minimum absolute atomic E-state index is 0.0000463. The van der Waals surface area contributed by atoms with Crippen LogP contribution in [0.2, 0.25) is 5.02 Å². The molecule has 0 unspecified atom stereocenters. The first-order valence-corrected chi connectivity index (χ1v) is 4.60. The van der Waals surface area contributed by atoms with Gasteiger partial charge in [-0.2, -0.15) is 0 Å². The van der Waals surface area contributed by atoms with Gasteiger partial charge in [0.1, 0.15) is 0 Å². The minimum atomic E-state index is 0.0000463. The Bertz CT molecular complexity index is 350. The topological polar surface area (TPSA) is 0 Å². The molecule has 0 aliphatic carbocycles. The third-order valence-electron chi connectivity index (χ3n) is 1.92. The highest BCUT2D eigenvalue weighted by atomic mass is 35.5. The van der Waals surface area contributed by atoms with Gasteiger partial charge in [-0.05, 0) is 23.1 Å². The van der Waals surface area contributed by atoms with Crippen molar-refractivity contribution in [3.8, 4) is 12.3 Å². The molecular weight excluding hydrogens is 180 g/mol. The van der Waals surface area contributed by atoms with Gasteiger partial charge < -0.3 is 0 Å². The molecule has 13 heavy (non-hydrogen) atoms. The Morgan fingerprint density at radius 2 is 1.92 bits per heavy atom. The molecule has 0 saturated heterocycles. The van der Waals surface area contributed by atoms with Crippen molar-refractivity contribution in [2.75, 3.05) is 0 Å². The van der Waals surface area contributed by atoms with E-state index in [1.165, 1.54) is 0 Å². The molecule has 1 heteroatoms. The van der Waals surface area contributed by atoms with Crippen LogP contribution < -0.4 is 0 Å². The van der Waals surface area contributed by atoms with E-state index in [1.807, 2.05) is 18.2 Å². The Morgan fingerprint density at radius 3 is 2.31 bits per heavy atom. The molecule has 1 aromatic carbocycles. The van der Waals surface area contributed by atoms with Crippen LogP contribution in [0.4, 0.5) is 0 Å². The first-order valence-electron chi connectivity index (χ1n) is 4.22. The largest absolute Gasteiger partial charge is 0.115 e. The van der Waals surface area contributed by atoms with Crippen LogP contribution in [0.3, 0.4) is 0 Å². The van der Waals surface area contributed by atoms with E-state index in [1.54, 1.807) is 0 Å². The van der Waals surface area contributed by atoms with E-state index in [4.69, 9.17) is 18.0 Å². The standard InChI is InChI=1S/C12H13Cl/c1-5-9-7-6-8-10(13)11(9)12(2,3)4/h1,6-8H,2-4H3. The lowest BCUT2D eigenvalue weighted by atomic mass is 9.84. The molecule has 0 saturated carbocycles. The summed E-state index contributed by atoms with van der Waals surface area (Å²) in [6.07, 6.45) is 5.41. The van der Waals surface area contributed by atoms with Gasteiger partial charge in [0.2, 0.25) is 0 Å². The van der Waals surface area contributed by atoms with Crippen molar-refractivity contribution in [2.45, 2.75) is 26.2 Å². The number of halogens is 1. The fourth-order valence-corrected chi connectivity index (χ4v) is 1.86. The lowest BCUT2D eigenvalue weighted by molar-refractivity contribution is 0.589. The van der Waals surface area contributed by atoms with E-state index in [9.17, 15) is 0 Å². The quantitative estimate of drug-likeness (QED) is 0.551. The maximum Gasteiger partial charge on any atom is 0.0455 e. The van der Waals surface area contributed by atoms with Gasteiger partial charge in [0.15, 0.2) is 0 Å². The molecule has 0 fully saturated rings. The monoisotopic (exact) mass is 192 g/mol. The fourth-order valence-electron chi connectivity index (χ4n) is 1.41. The van der Waals surface area contributed by atoms with Crippen LogP contribution in [0, 0.1) is 12.3 Å². The van der Waals surface area contributed by atoms with E-state index in [2.05, 4.69) is 26.7 Å². The van der Waals surface area contributed by atoms with Crippen molar-refractivity contribution in [3.63, 3.8) is 0 Å². The lowest BCUT2D eigenvalue weighted by Gasteiger charge is -2.22. The highest BCUT2D eigenvalue weighted by molar-refractivity contribution is 6.31. The van der Waals surface area contributed by atoms with Crippen LogP contribution in [0.15, 0.2) is 18.2 Å². The van der Waals surface area contributed by atoms with Crippen LogP contribution >= 0.6 is 11.6 Å². The van der Waals surface area contributed by atoms with Gasteiger partial charge in [-0.25, -0.2) is 0 Å². The van der Waals surface area contributed by atoms with E-state index in [-0.39, 0.29) is 5.41 Å². The van der Waals surface area contributed by atoms with Gasteiger partial charge >= 0.3 is 0 Å². The summed E-state index contributed by atoms with van der Waals surface area (Å²) in [6, 6.07) is 5.68. The number of benzene rings is 1. The lowest BCUT2D eigenvalue weighted by Crippen LogP contribution is -2.13. The van der Waals surface area contributed by atoms with Crippen molar-refractivity contribution in [1.82, 2.24) is 0 Å². The van der Waals surface area contributed by atoms with Crippen LogP contribution in [0.5, 0.6) is 0 Å². The number of terminal acetylenes is 1. The predicted octanol–water partition coefficient (Wildman–Crippen LogP) is 3.62. The molecule has 0 heterocycles. The molecule has 0 amide bonds. The fraction of sp³-hybridized carbons (Fsp3) is 0.333. The first kappa shape index (κ1) is 10.2. The van der Waals surface area contributed by atoms with E-state index < -0.39 is 0 Å². The molecule has 0 aliphatic heterocycles. The average molecular weight is 193 g/mol. The second kappa shape index (κ2) is 3.44. The molecule has 0 bridgehead atoms. The van der Waals surface area contributed by atoms with Gasteiger partial charge in [-0.15, -0.1) is 6.42 Å². The Balaban J connectivity index is 3.43. The highest BCUT2D eigenvalue weighted by Crippen LogP contribution is 2.31. The van der Waals surface area contributed by atoms with Crippen molar-refractivity contribution in [3.05, 3.63) is 34.3 Å². The highest BCUT2D eigenvalue weighted by Gasteiger charge is 2.19. The molecule has 0 nitrogen and oxygen atoms in total. The second-order valence-electron chi connectivity index (χ2n) is 4.06. The van der Waals surface area contributed by atoms with Gasteiger partial charge in [0.25, 0.3) is 0 Å². The van der Waals surface area contributed by atoms with Crippen molar-refractivity contribution >= 4 is 11.6 Å². The zero-order valence-corrected chi connectivity index (χ0v) is 8.94. The molecule has 1 aromatic rings. The zero-order valence-electron chi connectivity index (χ0n) is 8.19. The molecule has 68 valence electrons. The minimum Gasteiger partial charge on any atom is -0.115 e. The van der Waals surface area contributed by atoms with Crippen LogP contribution in [0.25, 0.3) is 0 Å². The second-order valence-corrected chi connectivity index (χ2v) is 4.46. The van der Waals surface area contributed by atoms with Gasteiger partial charge in [0, 0.05) is 10.6 Å². The Morgan fingerprint density at radius 1 is 1.31 bits per heavy atom. The van der Waals surface area contributed by atoms with Gasteiger partial charge in [0.05, 0.1) is 0 Å². The maximum absolute atomic E-state index is 6.10. The van der Waals surface area contributed by atoms with E-state index in [0.29, 0.717) is 0 Å². The molecule has 0 radical (unpaired) electrons. The van der Waals surface area contributed by atoms with Crippen molar-refractivity contribution in [1.29, 1.82) is 0 Å². The number of hydrogen-bond donors (Lipinski definition) is 0. The summed E-state index contributed by atoms with van der Waals surface area (Å²) in [6.45, 7) is 6.32. The van der Waals surface area contributed by atoms with E-state index in [0.717, 1.165) is 16.1 Å². The Kier molecular flexibility index (Phi) is 2.68. The average Bonchev–Trinajstić information content (AvgIpc) is 2.01. The molecular formula is C12H13Cl. The predicted molar refractivity (Wildman–Crippen MR) is 58.1 cm³/mol. The first-order chi connectivity index (χ1) is 5.96. The number of hydrogen-bond acceptors (Lipinski definition) is 0.